The lowest BCUT2D eigenvalue weighted by molar-refractivity contribution is 0.0685. The Balaban J connectivity index is 1.38. The minimum atomic E-state index is -0.0778. The molecule has 0 saturated carbocycles. The zero-order valence-corrected chi connectivity index (χ0v) is 17.8. The van der Waals surface area contributed by atoms with Gasteiger partial charge in [-0.3, -0.25) is 9.78 Å². The number of carbonyl (C=O) groups excluding carboxylic acids is 1. The summed E-state index contributed by atoms with van der Waals surface area (Å²) in [6.07, 6.45) is 4.77. The van der Waals surface area contributed by atoms with E-state index in [4.69, 9.17) is 0 Å². The molecule has 0 aliphatic carbocycles. The Morgan fingerprint density at radius 2 is 1.56 bits per heavy atom. The van der Waals surface area contributed by atoms with Gasteiger partial charge in [0.15, 0.2) is 5.69 Å². The molecular formula is C26H25N5O. The summed E-state index contributed by atoms with van der Waals surface area (Å²) in [6.45, 7) is 1.46. The average Bonchev–Trinajstić information content (AvgIpc) is 3.31. The Morgan fingerprint density at radius 1 is 0.875 bits per heavy atom. The van der Waals surface area contributed by atoms with Gasteiger partial charge in [0.05, 0.1) is 11.4 Å². The Kier molecular flexibility index (Phi) is 5.75. The second-order valence-electron chi connectivity index (χ2n) is 8.17. The van der Waals surface area contributed by atoms with Crippen molar-refractivity contribution in [3.05, 3.63) is 96.3 Å². The van der Waals surface area contributed by atoms with Crippen molar-refractivity contribution in [1.82, 2.24) is 24.9 Å². The van der Waals surface area contributed by atoms with Crippen LogP contribution >= 0.6 is 0 Å². The second-order valence-corrected chi connectivity index (χ2v) is 8.17. The number of carbonyl (C=O) groups is 1. The van der Waals surface area contributed by atoms with Crippen molar-refractivity contribution in [3.8, 4) is 17.1 Å². The molecule has 160 valence electrons. The van der Waals surface area contributed by atoms with Gasteiger partial charge in [-0.1, -0.05) is 59.8 Å². The molecule has 3 heterocycles. The summed E-state index contributed by atoms with van der Waals surface area (Å²) >= 11 is 0. The number of pyridine rings is 1. The second kappa shape index (κ2) is 9.14. The van der Waals surface area contributed by atoms with Gasteiger partial charge in [-0.25, -0.2) is 4.68 Å². The predicted octanol–water partition coefficient (Wildman–Crippen LogP) is 4.42. The highest BCUT2D eigenvalue weighted by Gasteiger charge is 2.29. The minimum Gasteiger partial charge on any atom is -0.337 e. The van der Waals surface area contributed by atoms with Crippen molar-refractivity contribution in [3.63, 3.8) is 0 Å². The first-order valence-electron chi connectivity index (χ1n) is 11.1. The summed E-state index contributed by atoms with van der Waals surface area (Å²) in [6, 6.07) is 26.0. The standard InChI is InChI=1S/C26H25N5O/c32-26(30-17-14-21(15-18-30)19-20-9-3-1-4-10-20)24-25(23-13-7-8-16-27-23)31(29-28-24)22-11-5-2-6-12-22/h1-13,16,21H,14-15,17-19H2. The van der Waals surface area contributed by atoms with E-state index in [1.165, 1.54) is 5.56 Å². The summed E-state index contributed by atoms with van der Waals surface area (Å²) in [4.78, 5) is 19.9. The maximum absolute atomic E-state index is 13.5. The van der Waals surface area contributed by atoms with E-state index in [-0.39, 0.29) is 5.91 Å². The molecule has 1 aliphatic heterocycles. The van der Waals surface area contributed by atoms with E-state index in [0.29, 0.717) is 23.0 Å². The summed E-state index contributed by atoms with van der Waals surface area (Å²) in [7, 11) is 0. The number of amides is 1. The van der Waals surface area contributed by atoms with Crippen LogP contribution in [0.4, 0.5) is 0 Å². The Hall–Kier alpha value is -3.80. The molecular weight excluding hydrogens is 398 g/mol. The largest absolute Gasteiger partial charge is 0.337 e. The van der Waals surface area contributed by atoms with E-state index in [1.54, 1.807) is 10.9 Å². The predicted molar refractivity (Wildman–Crippen MR) is 123 cm³/mol. The molecule has 0 radical (unpaired) electrons. The highest BCUT2D eigenvalue weighted by Crippen LogP contribution is 2.27. The average molecular weight is 424 g/mol. The fourth-order valence-electron chi connectivity index (χ4n) is 4.35. The van der Waals surface area contributed by atoms with E-state index in [2.05, 4.69) is 39.6 Å². The van der Waals surface area contributed by atoms with Crippen LogP contribution in [0.15, 0.2) is 85.1 Å². The monoisotopic (exact) mass is 423 g/mol. The highest BCUT2D eigenvalue weighted by atomic mass is 16.2. The van der Waals surface area contributed by atoms with Crippen molar-refractivity contribution in [2.75, 3.05) is 13.1 Å². The molecule has 0 spiro atoms. The third-order valence-electron chi connectivity index (χ3n) is 6.05. The van der Waals surface area contributed by atoms with Crippen molar-refractivity contribution in [2.24, 2.45) is 5.92 Å². The van der Waals surface area contributed by atoms with E-state index >= 15 is 0 Å². The molecule has 0 unspecified atom stereocenters. The molecule has 6 heteroatoms. The number of aromatic nitrogens is 4. The van der Waals surface area contributed by atoms with Gasteiger partial charge in [0.1, 0.15) is 5.69 Å². The van der Waals surface area contributed by atoms with Crippen molar-refractivity contribution in [2.45, 2.75) is 19.3 Å². The lowest BCUT2D eigenvalue weighted by Gasteiger charge is -2.31. The molecule has 5 rings (SSSR count). The summed E-state index contributed by atoms with van der Waals surface area (Å²) in [5.41, 5.74) is 3.88. The molecule has 2 aromatic carbocycles. The fraction of sp³-hybridized carbons (Fsp3) is 0.231. The van der Waals surface area contributed by atoms with Gasteiger partial charge in [0.25, 0.3) is 5.91 Å². The molecule has 0 atom stereocenters. The van der Waals surface area contributed by atoms with Crippen LogP contribution in [-0.2, 0) is 6.42 Å². The van der Waals surface area contributed by atoms with E-state index in [0.717, 1.165) is 38.0 Å². The van der Waals surface area contributed by atoms with Gasteiger partial charge < -0.3 is 4.90 Å². The molecule has 2 aromatic heterocycles. The van der Waals surface area contributed by atoms with Gasteiger partial charge in [-0.15, -0.1) is 5.10 Å². The zero-order valence-electron chi connectivity index (χ0n) is 17.8. The summed E-state index contributed by atoms with van der Waals surface area (Å²) in [5.74, 6) is 0.516. The van der Waals surface area contributed by atoms with Crippen LogP contribution in [0.25, 0.3) is 17.1 Å². The lowest BCUT2D eigenvalue weighted by Crippen LogP contribution is -2.39. The zero-order chi connectivity index (χ0) is 21.8. The number of hydrogen-bond acceptors (Lipinski definition) is 4. The highest BCUT2D eigenvalue weighted by molar-refractivity contribution is 5.98. The van der Waals surface area contributed by atoms with Crippen LogP contribution in [0.2, 0.25) is 0 Å². The smallest absolute Gasteiger partial charge is 0.276 e. The Labute approximate surface area is 187 Å². The molecule has 4 aromatic rings. The van der Waals surface area contributed by atoms with Gasteiger partial charge in [-0.2, -0.15) is 0 Å². The maximum Gasteiger partial charge on any atom is 0.276 e. The maximum atomic E-state index is 13.5. The first-order chi connectivity index (χ1) is 15.8. The topological polar surface area (TPSA) is 63.9 Å². The number of para-hydroxylation sites is 1. The number of piperidine rings is 1. The molecule has 1 saturated heterocycles. The SMILES string of the molecule is O=C(c1nnn(-c2ccccc2)c1-c1ccccn1)N1CCC(Cc2ccccc2)CC1. The van der Waals surface area contributed by atoms with Gasteiger partial charge in [0, 0.05) is 19.3 Å². The van der Waals surface area contributed by atoms with Crippen LogP contribution < -0.4 is 0 Å². The number of nitrogens with zero attached hydrogens (tertiary/aromatic N) is 5. The summed E-state index contributed by atoms with van der Waals surface area (Å²) in [5, 5.41) is 8.64. The quantitative estimate of drug-likeness (QED) is 0.477. The van der Waals surface area contributed by atoms with Crippen molar-refractivity contribution < 1.29 is 4.79 Å². The van der Waals surface area contributed by atoms with Gasteiger partial charge in [0.2, 0.25) is 0 Å². The third kappa shape index (κ3) is 4.17. The molecule has 0 N–H and O–H groups in total. The van der Waals surface area contributed by atoms with Gasteiger partial charge >= 0.3 is 0 Å². The van der Waals surface area contributed by atoms with Crippen LogP contribution in [0.3, 0.4) is 0 Å². The van der Waals surface area contributed by atoms with Crippen LogP contribution in [0, 0.1) is 5.92 Å². The molecule has 32 heavy (non-hydrogen) atoms. The molecule has 6 nitrogen and oxygen atoms in total. The fourth-order valence-corrected chi connectivity index (χ4v) is 4.35. The minimum absolute atomic E-state index is 0.0778. The van der Waals surface area contributed by atoms with E-state index < -0.39 is 0 Å². The number of rotatable bonds is 5. The molecule has 1 fully saturated rings. The van der Waals surface area contributed by atoms with Crippen molar-refractivity contribution >= 4 is 5.91 Å². The van der Waals surface area contributed by atoms with Gasteiger partial charge in [-0.05, 0) is 55.0 Å². The normalized spacial score (nSPS) is 14.4. The number of hydrogen-bond donors (Lipinski definition) is 0. The first-order valence-corrected chi connectivity index (χ1v) is 11.1. The van der Waals surface area contributed by atoms with E-state index in [9.17, 15) is 4.79 Å². The lowest BCUT2D eigenvalue weighted by atomic mass is 9.90. The Morgan fingerprint density at radius 3 is 2.25 bits per heavy atom. The number of benzene rings is 2. The third-order valence-corrected chi connectivity index (χ3v) is 6.05. The first kappa shape index (κ1) is 20.1. The molecule has 0 bridgehead atoms. The van der Waals surface area contributed by atoms with Crippen LogP contribution in [0.5, 0.6) is 0 Å². The van der Waals surface area contributed by atoms with E-state index in [1.807, 2.05) is 59.5 Å². The van der Waals surface area contributed by atoms with Crippen molar-refractivity contribution in [1.29, 1.82) is 0 Å². The molecule has 1 aliphatic rings. The van der Waals surface area contributed by atoms with Crippen LogP contribution in [0.1, 0.15) is 28.9 Å². The Bertz CT molecular complexity index is 1170. The number of likely N-dealkylation sites (tertiary alicyclic amines) is 1. The summed E-state index contributed by atoms with van der Waals surface area (Å²) < 4.78 is 1.71. The molecule has 1 amide bonds. The van der Waals surface area contributed by atoms with Crippen LogP contribution in [-0.4, -0.2) is 43.9 Å².